The Morgan fingerprint density at radius 2 is 1.94 bits per heavy atom. The van der Waals surface area contributed by atoms with Crippen molar-refractivity contribution in [2.45, 2.75) is 19.4 Å². The van der Waals surface area contributed by atoms with E-state index in [-0.39, 0.29) is 0 Å². The molecule has 0 N–H and O–H groups in total. The molecule has 1 aliphatic rings. The monoisotopic (exact) mass is 279 g/mol. The molecule has 16 heavy (non-hydrogen) atoms. The van der Waals surface area contributed by atoms with Crippen molar-refractivity contribution in [2.24, 2.45) is 0 Å². The average molecular weight is 280 g/mol. The molecule has 0 atom stereocenters. The van der Waals surface area contributed by atoms with Gasteiger partial charge < -0.3 is 4.42 Å². The van der Waals surface area contributed by atoms with Crippen molar-refractivity contribution in [3.05, 3.63) is 34.5 Å². The first-order chi connectivity index (χ1) is 7.84. The molecule has 0 saturated carbocycles. The van der Waals surface area contributed by atoms with Crippen LogP contribution in [0.3, 0.4) is 0 Å². The molecule has 1 aliphatic heterocycles. The number of likely N-dealkylation sites (tertiary alicyclic amines) is 1. The van der Waals surface area contributed by atoms with Crippen molar-refractivity contribution in [3.8, 4) is 0 Å². The zero-order valence-corrected chi connectivity index (χ0v) is 10.7. The Hall–Kier alpha value is -0.800. The third-order valence-electron chi connectivity index (χ3n) is 3.23. The topological polar surface area (TPSA) is 16.4 Å². The molecule has 0 radical (unpaired) electrons. The molecule has 3 rings (SSSR count). The minimum atomic E-state index is 0.889. The van der Waals surface area contributed by atoms with Gasteiger partial charge in [0.2, 0.25) is 0 Å². The Morgan fingerprint density at radius 1 is 1.19 bits per heavy atom. The number of benzene rings is 1. The summed E-state index contributed by atoms with van der Waals surface area (Å²) < 4.78 is 6.59. The van der Waals surface area contributed by atoms with E-state index in [4.69, 9.17) is 4.42 Å². The van der Waals surface area contributed by atoms with E-state index in [1.165, 1.54) is 36.9 Å². The van der Waals surface area contributed by atoms with Gasteiger partial charge in [-0.25, -0.2) is 0 Å². The number of furan rings is 1. The zero-order chi connectivity index (χ0) is 11.0. The molecule has 84 valence electrons. The summed E-state index contributed by atoms with van der Waals surface area (Å²) in [4.78, 5) is 2.49. The van der Waals surface area contributed by atoms with Crippen LogP contribution in [-0.4, -0.2) is 18.0 Å². The van der Waals surface area contributed by atoms with Gasteiger partial charge in [-0.05, 0) is 47.9 Å². The summed E-state index contributed by atoms with van der Waals surface area (Å²) in [5.41, 5.74) is 2.26. The molecule has 0 unspecified atom stereocenters. The minimum Gasteiger partial charge on any atom is -0.449 e. The predicted molar refractivity (Wildman–Crippen MR) is 68.4 cm³/mol. The van der Waals surface area contributed by atoms with Crippen LogP contribution in [0.15, 0.2) is 33.4 Å². The molecule has 2 heterocycles. The molecule has 0 amide bonds. The largest absolute Gasteiger partial charge is 0.449 e. The lowest BCUT2D eigenvalue weighted by Gasteiger charge is -2.13. The summed E-state index contributed by atoms with van der Waals surface area (Å²) in [6, 6.07) is 8.23. The van der Waals surface area contributed by atoms with Crippen molar-refractivity contribution >= 4 is 26.9 Å². The highest BCUT2D eigenvalue weighted by Gasteiger charge is 2.17. The second-order valence-corrected chi connectivity index (χ2v) is 5.05. The van der Waals surface area contributed by atoms with Crippen molar-refractivity contribution in [2.75, 3.05) is 13.1 Å². The summed E-state index contributed by atoms with van der Waals surface area (Å²) in [7, 11) is 0. The van der Waals surface area contributed by atoms with Crippen molar-refractivity contribution < 1.29 is 4.42 Å². The van der Waals surface area contributed by atoms with Gasteiger partial charge in [-0.3, -0.25) is 4.90 Å². The van der Waals surface area contributed by atoms with Crippen LogP contribution in [0, 0.1) is 0 Å². The fraction of sp³-hybridized carbons (Fsp3) is 0.385. The minimum absolute atomic E-state index is 0.889. The molecule has 1 aromatic carbocycles. The van der Waals surface area contributed by atoms with E-state index in [2.05, 4.69) is 33.0 Å². The average Bonchev–Trinajstić information content (AvgIpc) is 2.89. The van der Waals surface area contributed by atoms with Crippen LogP contribution in [0.1, 0.15) is 18.4 Å². The van der Waals surface area contributed by atoms with Crippen LogP contribution in [0.2, 0.25) is 0 Å². The normalized spacial score (nSPS) is 17.3. The van der Waals surface area contributed by atoms with Crippen LogP contribution in [0.4, 0.5) is 0 Å². The lowest BCUT2D eigenvalue weighted by atomic mass is 10.2. The quantitative estimate of drug-likeness (QED) is 0.832. The smallest absolute Gasteiger partial charge is 0.174 e. The van der Waals surface area contributed by atoms with E-state index < -0.39 is 0 Å². The first-order valence-corrected chi connectivity index (χ1v) is 6.52. The van der Waals surface area contributed by atoms with Crippen LogP contribution >= 0.6 is 15.9 Å². The van der Waals surface area contributed by atoms with Crippen LogP contribution in [0.25, 0.3) is 11.0 Å². The molecule has 1 fully saturated rings. The predicted octanol–water partition coefficient (Wildman–Crippen LogP) is 3.79. The van der Waals surface area contributed by atoms with Crippen LogP contribution in [0.5, 0.6) is 0 Å². The molecule has 0 aliphatic carbocycles. The van der Waals surface area contributed by atoms with Crippen molar-refractivity contribution in [3.63, 3.8) is 0 Å². The number of hydrogen-bond donors (Lipinski definition) is 0. The SMILES string of the molecule is Brc1oc2ccccc2c1CN1CCCC1. The molecular formula is C13H14BrNO. The highest BCUT2D eigenvalue weighted by atomic mass is 79.9. The number of halogens is 1. The Bertz CT molecular complexity index is 500. The maximum atomic E-state index is 5.70. The van der Waals surface area contributed by atoms with E-state index in [1.54, 1.807) is 0 Å². The Morgan fingerprint density at radius 3 is 2.75 bits per heavy atom. The van der Waals surface area contributed by atoms with E-state index in [0.29, 0.717) is 0 Å². The lowest BCUT2D eigenvalue weighted by Crippen LogP contribution is -2.18. The van der Waals surface area contributed by atoms with E-state index in [9.17, 15) is 0 Å². The van der Waals surface area contributed by atoms with Crippen LogP contribution in [-0.2, 0) is 6.54 Å². The molecule has 1 saturated heterocycles. The van der Waals surface area contributed by atoms with Gasteiger partial charge in [-0.1, -0.05) is 18.2 Å². The van der Waals surface area contributed by atoms with Gasteiger partial charge in [-0.15, -0.1) is 0 Å². The Kier molecular flexibility index (Phi) is 2.74. The fourth-order valence-corrected chi connectivity index (χ4v) is 2.89. The maximum Gasteiger partial charge on any atom is 0.174 e. The lowest BCUT2D eigenvalue weighted by molar-refractivity contribution is 0.329. The van der Waals surface area contributed by atoms with E-state index >= 15 is 0 Å². The molecular weight excluding hydrogens is 266 g/mol. The fourth-order valence-electron chi connectivity index (χ4n) is 2.38. The second kappa shape index (κ2) is 4.22. The Balaban J connectivity index is 1.98. The van der Waals surface area contributed by atoms with Gasteiger partial charge in [0.1, 0.15) is 5.58 Å². The van der Waals surface area contributed by atoms with Crippen molar-refractivity contribution in [1.29, 1.82) is 0 Å². The summed E-state index contributed by atoms with van der Waals surface area (Å²) >= 11 is 3.52. The van der Waals surface area contributed by atoms with Gasteiger partial charge in [0.05, 0.1) is 0 Å². The first-order valence-electron chi connectivity index (χ1n) is 5.73. The third-order valence-corrected chi connectivity index (χ3v) is 3.87. The van der Waals surface area contributed by atoms with E-state index in [0.717, 1.165) is 16.8 Å². The van der Waals surface area contributed by atoms with E-state index in [1.807, 2.05) is 12.1 Å². The molecule has 3 heteroatoms. The van der Waals surface area contributed by atoms with Crippen molar-refractivity contribution in [1.82, 2.24) is 4.90 Å². The highest BCUT2D eigenvalue weighted by molar-refractivity contribution is 9.10. The highest BCUT2D eigenvalue weighted by Crippen LogP contribution is 2.31. The van der Waals surface area contributed by atoms with Gasteiger partial charge in [0.15, 0.2) is 4.67 Å². The summed E-state index contributed by atoms with van der Waals surface area (Å²) in [6.45, 7) is 3.43. The van der Waals surface area contributed by atoms with Gasteiger partial charge in [-0.2, -0.15) is 0 Å². The molecule has 0 spiro atoms. The number of para-hydroxylation sites is 1. The second-order valence-electron chi connectivity index (χ2n) is 4.33. The zero-order valence-electron chi connectivity index (χ0n) is 9.08. The summed E-state index contributed by atoms with van der Waals surface area (Å²) in [5.74, 6) is 0. The number of fused-ring (bicyclic) bond motifs is 1. The molecule has 0 bridgehead atoms. The molecule has 1 aromatic heterocycles. The number of nitrogens with zero attached hydrogens (tertiary/aromatic N) is 1. The summed E-state index contributed by atoms with van der Waals surface area (Å²) in [6.07, 6.45) is 2.65. The standard InChI is InChI=1S/C13H14BrNO/c14-13-11(9-15-7-3-4-8-15)10-5-1-2-6-12(10)16-13/h1-2,5-6H,3-4,7-9H2. The number of rotatable bonds is 2. The number of hydrogen-bond acceptors (Lipinski definition) is 2. The van der Waals surface area contributed by atoms with Gasteiger partial charge >= 0.3 is 0 Å². The first kappa shape index (κ1) is 10.4. The molecule has 2 aromatic rings. The maximum absolute atomic E-state index is 5.70. The van der Waals surface area contributed by atoms with Gasteiger partial charge in [0, 0.05) is 17.5 Å². The third kappa shape index (κ3) is 1.78. The Labute approximate surface area is 103 Å². The molecule has 2 nitrogen and oxygen atoms in total. The van der Waals surface area contributed by atoms with Gasteiger partial charge in [0.25, 0.3) is 0 Å². The summed E-state index contributed by atoms with van der Waals surface area (Å²) in [5, 5.41) is 1.24. The van der Waals surface area contributed by atoms with Crippen LogP contribution < -0.4 is 0 Å².